The van der Waals surface area contributed by atoms with Crippen LogP contribution in [0.15, 0.2) is 60.7 Å². The second-order valence-electron chi connectivity index (χ2n) is 9.59. The molecule has 200 valence electrons. The molecule has 2 rings (SSSR count). The molecule has 37 heavy (non-hydrogen) atoms. The van der Waals surface area contributed by atoms with Gasteiger partial charge in [-0.15, -0.1) is 0 Å². The molecule has 0 unspecified atom stereocenters. The minimum atomic E-state index is -1.16. The Balaban J connectivity index is 2.18. The molecule has 0 saturated heterocycles. The summed E-state index contributed by atoms with van der Waals surface area (Å²) in [6.45, 7) is 5.54. The minimum Gasteiger partial charge on any atom is -0.480 e. The van der Waals surface area contributed by atoms with Crippen LogP contribution in [0.5, 0.6) is 0 Å². The van der Waals surface area contributed by atoms with Gasteiger partial charge in [0.1, 0.15) is 12.1 Å². The first-order valence-electron chi connectivity index (χ1n) is 12.5. The maximum atomic E-state index is 13.4. The fourth-order valence-corrected chi connectivity index (χ4v) is 4.18. The van der Waals surface area contributed by atoms with Crippen molar-refractivity contribution in [2.75, 3.05) is 6.54 Å². The number of carbonyl (C=O) groups excluding carboxylic acids is 3. The molecule has 0 fully saturated rings. The molecule has 0 radical (unpaired) electrons. The van der Waals surface area contributed by atoms with E-state index in [4.69, 9.17) is 5.21 Å². The first kappa shape index (κ1) is 29.5. The Hall–Kier alpha value is -3.72. The van der Waals surface area contributed by atoms with E-state index in [1.54, 1.807) is 29.7 Å². The van der Waals surface area contributed by atoms with Crippen LogP contribution in [0.2, 0.25) is 0 Å². The summed E-state index contributed by atoms with van der Waals surface area (Å²) in [6.07, 6.45) is 0.762. The summed E-state index contributed by atoms with van der Waals surface area (Å²) in [5, 5.41) is 21.4. The monoisotopic (exact) mass is 511 g/mol. The predicted octanol–water partition coefficient (Wildman–Crippen LogP) is 2.82. The van der Waals surface area contributed by atoms with E-state index >= 15 is 0 Å². The number of rotatable bonds is 14. The van der Waals surface area contributed by atoms with Crippen molar-refractivity contribution in [1.29, 1.82) is 0 Å². The minimum absolute atomic E-state index is 0.0666. The highest BCUT2D eigenvalue weighted by Gasteiger charge is 2.32. The molecule has 2 aromatic rings. The van der Waals surface area contributed by atoms with Crippen molar-refractivity contribution in [3.05, 3.63) is 71.8 Å². The van der Waals surface area contributed by atoms with Crippen molar-refractivity contribution < 1.29 is 29.5 Å². The first-order valence-corrected chi connectivity index (χ1v) is 12.5. The Morgan fingerprint density at radius 1 is 0.865 bits per heavy atom. The number of benzene rings is 2. The van der Waals surface area contributed by atoms with E-state index < -0.39 is 41.7 Å². The van der Waals surface area contributed by atoms with E-state index in [-0.39, 0.29) is 25.3 Å². The molecule has 0 aromatic heterocycles. The molecular formula is C28H37N3O6. The van der Waals surface area contributed by atoms with Crippen LogP contribution in [0.1, 0.15) is 44.7 Å². The first-order chi connectivity index (χ1) is 17.6. The SMILES string of the molecule is CC(C)C[C@H](CC(=O)N(CCc1ccccc1)[C@H](C)C(=O)NO)C(=O)N[C@@H](Cc1ccccc1)C(=O)O. The molecule has 0 spiro atoms. The Kier molecular flexibility index (Phi) is 11.8. The highest BCUT2D eigenvalue weighted by atomic mass is 16.5. The summed E-state index contributed by atoms with van der Waals surface area (Å²) in [7, 11) is 0. The molecule has 0 bridgehead atoms. The Morgan fingerprint density at radius 3 is 1.95 bits per heavy atom. The smallest absolute Gasteiger partial charge is 0.326 e. The molecule has 0 aliphatic carbocycles. The highest BCUT2D eigenvalue weighted by Crippen LogP contribution is 2.19. The van der Waals surface area contributed by atoms with Gasteiger partial charge in [0.2, 0.25) is 11.8 Å². The van der Waals surface area contributed by atoms with Gasteiger partial charge in [-0.3, -0.25) is 19.6 Å². The zero-order valence-electron chi connectivity index (χ0n) is 21.6. The number of carboxylic acid groups (broad SMARTS) is 1. The van der Waals surface area contributed by atoms with Crippen LogP contribution in [-0.2, 0) is 32.0 Å². The van der Waals surface area contributed by atoms with Crippen LogP contribution >= 0.6 is 0 Å². The van der Waals surface area contributed by atoms with Gasteiger partial charge in [-0.25, -0.2) is 10.3 Å². The van der Waals surface area contributed by atoms with Gasteiger partial charge < -0.3 is 15.3 Å². The number of nitrogens with one attached hydrogen (secondary N) is 2. The molecule has 9 nitrogen and oxygen atoms in total. The van der Waals surface area contributed by atoms with Crippen molar-refractivity contribution in [1.82, 2.24) is 15.7 Å². The summed E-state index contributed by atoms with van der Waals surface area (Å²) < 4.78 is 0. The number of carboxylic acids is 1. The van der Waals surface area contributed by atoms with Gasteiger partial charge in [-0.1, -0.05) is 74.5 Å². The van der Waals surface area contributed by atoms with Crippen molar-refractivity contribution >= 4 is 23.7 Å². The van der Waals surface area contributed by atoms with Gasteiger partial charge in [-0.05, 0) is 36.8 Å². The molecule has 2 aromatic carbocycles. The van der Waals surface area contributed by atoms with Gasteiger partial charge in [0, 0.05) is 25.3 Å². The van der Waals surface area contributed by atoms with Crippen molar-refractivity contribution in [2.24, 2.45) is 11.8 Å². The van der Waals surface area contributed by atoms with Crippen LogP contribution in [0, 0.1) is 11.8 Å². The number of hydroxylamine groups is 1. The molecule has 4 N–H and O–H groups in total. The number of nitrogens with zero attached hydrogens (tertiary/aromatic N) is 1. The Morgan fingerprint density at radius 2 is 1.43 bits per heavy atom. The Labute approximate surface area is 217 Å². The van der Waals surface area contributed by atoms with E-state index in [1.165, 1.54) is 11.8 Å². The fourth-order valence-electron chi connectivity index (χ4n) is 4.18. The third-order valence-electron chi connectivity index (χ3n) is 6.21. The van der Waals surface area contributed by atoms with E-state index in [9.17, 15) is 24.3 Å². The third-order valence-corrected chi connectivity index (χ3v) is 6.21. The van der Waals surface area contributed by atoms with E-state index in [2.05, 4.69) is 5.32 Å². The van der Waals surface area contributed by atoms with Crippen molar-refractivity contribution in [3.8, 4) is 0 Å². The van der Waals surface area contributed by atoms with Crippen LogP contribution in [0.25, 0.3) is 0 Å². The van der Waals surface area contributed by atoms with Crippen LogP contribution in [0.4, 0.5) is 0 Å². The van der Waals surface area contributed by atoms with Gasteiger partial charge in [0.05, 0.1) is 0 Å². The normalized spacial score (nSPS) is 13.3. The molecule has 9 heteroatoms. The molecule has 0 aliphatic heterocycles. The summed E-state index contributed by atoms with van der Waals surface area (Å²) in [6, 6.07) is 16.3. The molecule has 0 aliphatic rings. The lowest BCUT2D eigenvalue weighted by Gasteiger charge is -2.30. The zero-order chi connectivity index (χ0) is 27.4. The van der Waals surface area contributed by atoms with Gasteiger partial charge in [0.25, 0.3) is 5.91 Å². The number of aliphatic carboxylic acids is 1. The average molecular weight is 512 g/mol. The molecule has 3 amide bonds. The summed E-state index contributed by atoms with van der Waals surface area (Å²) in [5.74, 6) is -3.56. The van der Waals surface area contributed by atoms with Crippen LogP contribution in [-0.4, -0.2) is 57.5 Å². The quantitative estimate of drug-likeness (QED) is 0.227. The van der Waals surface area contributed by atoms with Crippen LogP contribution < -0.4 is 10.8 Å². The number of carbonyl (C=O) groups is 4. The predicted molar refractivity (Wildman–Crippen MR) is 139 cm³/mol. The van der Waals surface area contributed by atoms with E-state index in [0.717, 1.165) is 11.1 Å². The second kappa shape index (κ2) is 14.7. The summed E-state index contributed by atoms with van der Waals surface area (Å²) >= 11 is 0. The van der Waals surface area contributed by atoms with E-state index in [1.807, 2.05) is 50.2 Å². The fraction of sp³-hybridized carbons (Fsp3) is 0.429. The van der Waals surface area contributed by atoms with Crippen molar-refractivity contribution in [3.63, 3.8) is 0 Å². The van der Waals surface area contributed by atoms with E-state index in [0.29, 0.717) is 12.8 Å². The zero-order valence-corrected chi connectivity index (χ0v) is 21.6. The van der Waals surface area contributed by atoms with Crippen molar-refractivity contribution in [2.45, 2.75) is 58.5 Å². The number of amides is 3. The third kappa shape index (κ3) is 9.69. The van der Waals surface area contributed by atoms with Gasteiger partial charge in [-0.2, -0.15) is 0 Å². The largest absolute Gasteiger partial charge is 0.480 e. The number of hydrogen-bond acceptors (Lipinski definition) is 5. The summed E-state index contributed by atoms with van der Waals surface area (Å²) in [4.78, 5) is 52.0. The standard InChI is InChI=1S/C28H37N3O6/c1-19(2)16-23(27(34)29-24(28(35)36)17-22-12-8-5-9-13-22)18-25(32)31(20(3)26(33)30-37)15-14-21-10-6-4-7-11-21/h4-13,19-20,23-24,37H,14-18H2,1-3H3,(H,29,34)(H,30,33)(H,35,36)/t20-,23-,24+/m1/s1. The van der Waals surface area contributed by atoms with Gasteiger partial charge in [0.15, 0.2) is 0 Å². The molecule has 3 atom stereocenters. The van der Waals surface area contributed by atoms with Gasteiger partial charge >= 0.3 is 5.97 Å². The molecule has 0 saturated carbocycles. The topological polar surface area (TPSA) is 136 Å². The summed E-state index contributed by atoms with van der Waals surface area (Å²) in [5.41, 5.74) is 3.33. The lowest BCUT2D eigenvalue weighted by molar-refractivity contribution is -0.146. The average Bonchev–Trinajstić information content (AvgIpc) is 2.88. The highest BCUT2D eigenvalue weighted by molar-refractivity contribution is 5.91. The lowest BCUT2D eigenvalue weighted by Crippen LogP contribution is -2.50. The maximum absolute atomic E-state index is 13.4. The maximum Gasteiger partial charge on any atom is 0.326 e. The number of hydrogen-bond donors (Lipinski definition) is 4. The molecule has 0 heterocycles. The molecular weight excluding hydrogens is 474 g/mol. The lowest BCUT2D eigenvalue weighted by atomic mass is 9.91. The van der Waals surface area contributed by atoms with Crippen LogP contribution in [0.3, 0.4) is 0 Å². The second-order valence-corrected chi connectivity index (χ2v) is 9.59. The Bertz CT molecular complexity index is 1030.